The summed E-state index contributed by atoms with van der Waals surface area (Å²) in [5.74, 6) is -0.615. The predicted molar refractivity (Wildman–Crippen MR) is 128 cm³/mol. The third-order valence-corrected chi connectivity index (χ3v) is 11.2. The molecule has 34 heavy (non-hydrogen) atoms. The highest BCUT2D eigenvalue weighted by Gasteiger charge is 2.69. The maximum absolute atomic E-state index is 13.3. The van der Waals surface area contributed by atoms with Gasteiger partial charge in [-0.15, -0.1) is 0 Å². The topological polar surface area (TPSA) is 107 Å². The van der Waals surface area contributed by atoms with Gasteiger partial charge in [0.1, 0.15) is 0 Å². The zero-order valence-electron chi connectivity index (χ0n) is 21.3. The summed E-state index contributed by atoms with van der Waals surface area (Å²) in [5.41, 5.74) is -2.18. The molecule has 10 atom stereocenters. The van der Waals surface area contributed by atoms with Crippen molar-refractivity contribution >= 4 is 5.78 Å². The lowest BCUT2D eigenvalue weighted by molar-refractivity contribution is -0.187. The lowest BCUT2D eigenvalue weighted by Gasteiger charge is -2.60. The first-order chi connectivity index (χ1) is 15.6. The molecular weight excluding hydrogens is 432 g/mol. The number of aliphatic hydroxyl groups is 4. The van der Waals surface area contributed by atoms with E-state index < -0.39 is 45.9 Å². The summed E-state index contributed by atoms with van der Waals surface area (Å²) < 4.78 is 6.28. The molecule has 4 aliphatic carbocycles. The van der Waals surface area contributed by atoms with Gasteiger partial charge in [-0.3, -0.25) is 4.79 Å². The number of aliphatic hydroxyl groups excluding tert-OH is 2. The summed E-state index contributed by atoms with van der Waals surface area (Å²) in [5, 5.41) is 45.0. The molecule has 4 N–H and O–H groups in total. The number of allylic oxidation sites excluding steroid dienone is 1. The Morgan fingerprint density at radius 2 is 1.76 bits per heavy atom. The molecule has 1 saturated heterocycles. The standard InChI is InChI=1S/C28H42O6/c1-15-11-23(34-24(15,2)3)27(6,32)22-8-10-28(33)17-12-19(29)18-13-20(30)21(31)14-25(18,4)16(17)7-9-26(22,28)5/h12,16,18,20-23,30-33H,1,7-11,13-14H2,2-6H3/t16-,18-,20+,21-,22-,23?,25+,26+,27+,28+/m0/s1. The number of hydrogen-bond donors (Lipinski definition) is 4. The highest BCUT2D eigenvalue weighted by atomic mass is 16.5. The van der Waals surface area contributed by atoms with Crippen LogP contribution in [0.4, 0.5) is 0 Å². The lowest BCUT2D eigenvalue weighted by Crippen LogP contribution is -2.62. The molecular formula is C28H42O6. The SMILES string of the molecule is C=C1CC([C@](C)(O)[C@H]2CC[C@@]3(O)C4=CC(=O)[C@@H]5C[C@@H](O)[C@@H](O)C[C@]5(C)[C@H]4CC[C@]23C)OC1(C)C. The normalized spacial score (nSPS) is 51.9. The first-order valence-electron chi connectivity index (χ1n) is 13.0. The van der Waals surface area contributed by atoms with Gasteiger partial charge in [0.05, 0.1) is 35.1 Å². The molecule has 1 unspecified atom stereocenters. The molecule has 190 valence electrons. The smallest absolute Gasteiger partial charge is 0.159 e. The first-order valence-corrected chi connectivity index (χ1v) is 13.0. The first kappa shape index (κ1) is 24.6. The summed E-state index contributed by atoms with van der Waals surface area (Å²) in [6, 6.07) is 0. The molecule has 0 aromatic carbocycles. The second-order valence-corrected chi connectivity index (χ2v) is 13.2. The van der Waals surface area contributed by atoms with Gasteiger partial charge in [-0.2, -0.15) is 0 Å². The number of carbonyl (C=O) groups is 1. The zero-order valence-corrected chi connectivity index (χ0v) is 21.3. The molecule has 0 spiro atoms. The van der Waals surface area contributed by atoms with E-state index in [0.717, 1.165) is 24.0 Å². The highest BCUT2D eigenvalue weighted by Crippen LogP contribution is 2.69. The predicted octanol–water partition coefficient (Wildman–Crippen LogP) is 3.07. The third-order valence-electron chi connectivity index (χ3n) is 11.2. The van der Waals surface area contributed by atoms with Gasteiger partial charge < -0.3 is 25.2 Å². The fourth-order valence-corrected chi connectivity index (χ4v) is 8.81. The summed E-state index contributed by atoms with van der Waals surface area (Å²) in [7, 11) is 0. The molecule has 3 saturated carbocycles. The molecule has 0 aromatic rings. The van der Waals surface area contributed by atoms with Gasteiger partial charge >= 0.3 is 0 Å². The summed E-state index contributed by atoms with van der Waals surface area (Å²) in [6.45, 7) is 14.1. The van der Waals surface area contributed by atoms with Crippen molar-refractivity contribution in [3.8, 4) is 0 Å². The molecule has 5 rings (SSSR count). The van der Waals surface area contributed by atoms with Crippen LogP contribution in [0.1, 0.15) is 79.6 Å². The lowest BCUT2D eigenvalue weighted by atomic mass is 9.45. The average Bonchev–Trinajstić information content (AvgIpc) is 3.17. The van der Waals surface area contributed by atoms with Crippen LogP contribution in [-0.2, 0) is 9.53 Å². The van der Waals surface area contributed by atoms with Crippen LogP contribution in [0.5, 0.6) is 0 Å². The van der Waals surface area contributed by atoms with Crippen molar-refractivity contribution in [3.05, 3.63) is 23.8 Å². The van der Waals surface area contributed by atoms with Crippen molar-refractivity contribution in [2.75, 3.05) is 0 Å². The van der Waals surface area contributed by atoms with Gasteiger partial charge in [0, 0.05) is 11.3 Å². The number of fused-ring (bicyclic) bond motifs is 5. The van der Waals surface area contributed by atoms with E-state index in [1.165, 1.54) is 0 Å². The Kier molecular flexibility index (Phi) is 5.26. The minimum Gasteiger partial charge on any atom is -0.390 e. The maximum atomic E-state index is 13.3. The van der Waals surface area contributed by atoms with Crippen molar-refractivity contribution in [3.63, 3.8) is 0 Å². The Balaban J connectivity index is 1.51. The van der Waals surface area contributed by atoms with Crippen LogP contribution in [-0.4, -0.2) is 61.3 Å². The highest BCUT2D eigenvalue weighted by molar-refractivity contribution is 5.95. The molecule has 0 aromatic heterocycles. The third kappa shape index (κ3) is 3.02. The van der Waals surface area contributed by atoms with Gasteiger partial charge in [0.2, 0.25) is 0 Å². The van der Waals surface area contributed by atoms with E-state index in [1.807, 2.05) is 20.8 Å². The van der Waals surface area contributed by atoms with Crippen molar-refractivity contribution in [1.82, 2.24) is 0 Å². The minimum absolute atomic E-state index is 0.0273. The monoisotopic (exact) mass is 474 g/mol. The Labute approximate surface area is 203 Å². The molecule has 0 amide bonds. The number of rotatable bonds is 2. The molecule has 0 bridgehead atoms. The molecule has 6 heteroatoms. The van der Waals surface area contributed by atoms with E-state index in [9.17, 15) is 25.2 Å². The Morgan fingerprint density at radius 3 is 2.38 bits per heavy atom. The van der Waals surface area contributed by atoms with E-state index in [-0.39, 0.29) is 30.0 Å². The van der Waals surface area contributed by atoms with Gasteiger partial charge in [0.25, 0.3) is 0 Å². The number of ether oxygens (including phenoxy) is 1. The largest absolute Gasteiger partial charge is 0.390 e. The van der Waals surface area contributed by atoms with Crippen molar-refractivity contribution in [2.24, 2.45) is 28.6 Å². The van der Waals surface area contributed by atoms with E-state index in [2.05, 4.69) is 20.4 Å². The molecule has 6 nitrogen and oxygen atoms in total. The van der Waals surface area contributed by atoms with Gasteiger partial charge in [-0.05, 0) is 100 Å². The van der Waals surface area contributed by atoms with Crippen LogP contribution < -0.4 is 0 Å². The van der Waals surface area contributed by atoms with Gasteiger partial charge in [-0.1, -0.05) is 20.4 Å². The van der Waals surface area contributed by atoms with E-state index in [4.69, 9.17) is 4.74 Å². The number of ketones is 1. The van der Waals surface area contributed by atoms with Crippen LogP contribution in [0.2, 0.25) is 0 Å². The Hall–Kier alpha value is -1.05. The molecule has 4 fully saturated rings. The molecule has 1 heterocycles. The summed E-state index contributed by atoms with van der Waals surface area (Å²) >= 11 is 0. The number of carbonyl (C=O) groups excluding carboxylic acids is 1. The van der Waals surface area contributed by atoms with E-state index >= 15 is 0 Å². The van der Waals surface area contributed by atoms with Crippen LogP contribution in [0.3, 0.4) is 0 Å². The summed E-state index contributed by atoms with van der Waals surface area (Å²) in [4.78, 5) is 13.3. The van der Waals surface area contributed by atoms with Gasteiger partial charge in [0.15, 0.2) is 5.78 Å². The fourth-order valence-electron chi connectivity index (χ4n) is 8.81. The Bertz CT molecular complexity index is 951. The second kappa shape index (κ2) is 7.25. The van der Waals surface area contributed by atoms with E-state index in [1.54, 1.807) is 6.08 Å². The second-order valence-electron chi connectivity index (χ2n) is 13.2. The van der Waals surface area contributed by atoms with E-state index in [0.29, 0.717) is 25.7 Å². The van der Waals surface area contributed by atoms with Crippen LogP contribution in [0.25, 0.3) is 0 Å². The Morgan fingerprint density at radius 1 is 1.09 bits per heavy atom. The fraction of sp³-hybridized carbons (Fsp3) is 0.821. The van der Waals surface area contributed by atoms with Crippen LogP contribution in [0, 0.1) is 28.6 Å². The minimum atomic E-state index is -1.19. The zero-order chi connectivity index (χ0) is 25.1. The van der Waals surface area contributed by atoms with Crippen LogP contribution in [0.15, 0.2) is 23.8 Å². The molecule has 5 aliphatic rings. The average molecular weight is 475 g/mol. The van der Waals surface area contributed by atoms with Crippen molar-refractivity contribution in [1.29, 1.82) is 0 Å². The van der Waals surface area contributed by atoms with Gasteiger partial charge in [-0.25, -0.2) is 0 Å². The quantitative estimate of drug-likeness (QED) is 0.458. The van der Waals surface area contributed by atoms with Crippen molar-refractivity contribution < 1.29 is 30.0 Å². The van der Waals surface area contributed by atoms with Crippen LogP contribution >= 0.6 is 0 Å². The maximum Gasteiger partial charge on any atom is 0.159 e. The van der Waals surface area contributed by atoms with Crippen molar-refractivity contribution in [2.45, 2.75) is 115 Å². The molecule has 0 radical (unpaired) electrons. The summed E-state index contributed by atoms with van der Waals surface area (Å²) in [6.07, 6.45) is 3.38. The molecule has 1 aliphatic heterocycles. The number of hydrogen-bond acceptors (Lipinski definition) is 6.